The fourth-order valence-corrected chi connectivity index (χ4v) is 2.38. The number of nitro groups is 1. The second-order valence-electron chi connectivity index (χ2n) is 4.70. The van der Waals surface area contributed by atoms with Crippen molar-refractivity contribution in [3.8, 4) is 0 Å². The quantitative estimate of drug-likeness (QED) is 0.580. The van der Waals surface area contributed by atoms with Gasteiger partial charge < -0.3 is 10.4 Å². The molecule has 1 aliphatic carbocycles. The van der Waals surface area contributed by atoms with Crippen LogP contribution in [-0.4, -0.2) is 38.4 Å². The van der Waals surface area contributed by atoms with Crippen LogP contribution in [0.4, 0.5) is 5.69 Å². The first-order valence-electron chi connectivity index (χ1n) is 6.17. The summed E-state index contributed by atoms with van der Waals surface area (Å²) in [6.07, 6.45) is 5.09. The molecule has 0 saturated heterocycles. The second-order valence-corrected chi connectivity index (χ2v) is 4.70. The minimum absolute atomic E-state index is 0.0111. The van der Waals surface area contributed by atoms with Crippen molar-refractivity contribution in [3.63, 3.8) is 0 Å². The van der Waals surface area contributed by atoms with Gasteiger partial charge in [0.05, 0.1) is 4.92 Å². The number of carbonyl (C=O) groups excluding carboxylic acids is 1. The zero-order valence-corrected chi connectivity index (χ0v) is 10.4. The summed E-state index contributed by atoms with van der Waals surface area (Å²) in [5, 5.41) is 26.2. The van der Waals surface area contributed by atoms with Crippen molar-refractivity contribution in [1.29, 1.82) is 0 Å². The molecule has 104 valence electrons. The molecule has 0 aliphatic heterocycles. The third-order valence-corrected chi connectivity index (χ3v) is 3.38. The number of hydrogen-bond donors (Lipinski definition) is 2. The van der Waals surface area contributed by atoms with E-state index in [9.17, 15) is 14.9 Å². The highest BCUT2D eigenvalue weighted by Crippen LogP contribution is 2.24. The molecular formula is C11H16N4O4. The number of aliphatic hydroxyl groups is 1. The van der Waals surface area contributed by atoms with E-state index in [1.807, 2.05) is 0 Å². The van der Waals surface area contributed by atoms with E-state index in [0.717, 1.165) is 25.5 Å². The van der Waals surface area contributed by atoms with Gasteiger partial charge >= 0.3 is 5.69 Å². The molecule has 2 unspecified atom stereocenters. The molecule has 1 saturated carbocycles. The zero-order chi connectivity index (χ0) is 13.8. The van der Waals surface area contributed by atoms with Gasteiger partial charge in [-0.05, 0) is 12.8 Å². The van der Waals surface area contributed by atoms with E-state index >= 15 is 0 Å². The highest BCUT2D eigenvalue weighted by molar-refractivity contribution is 5.76. The first kappa shape index (κ1) is 13.5. The lowest BCUT2D eigenvalue weighted by Crippen LogP contribution is -2.40. The van der Waals surface area contributed by atoms with Crippen LogP contribution in [0.5, 0.6) is 0 Å². The second kappa shape index (κ2) is 5.79. The summed E-state index contributed by atoms with van der Waals surface area (Å²) in [7, 11) is 0. The fraction of sp³-hybridized carbons (Fsp3) is 0.636. The van der Waals surface area contributed by atoms with Crippen molar-refractivity contribution in [2.24, 2.45) is 5.92 Å². The van der Waals surface area contributed by atoms with E-state index in [-0.39, 0.29) is 36.7 Å². The Balaban J connectivity index is 1.88. The molecule has 2 atom stereocenters. The Morgan fingerprint density at radius 3 is 3.05 bits per heavy atom. The van der Waals surface area contributed by atoms with E-state index in [1.54, 1.807) is 0 Å². The van der Waals surface area contributed by atoms with Gasteiger partial charge in [0, 0.05) is 18.6 Å². The van der Waals surface area contributed by atoms with Crippen LogP contribution in [-0.2, 0) is 11.3 Å². The van der Waals surface area contributed by atoms with Gasteiger partial charge in [-0.2, -0.15) is 5.10 Å². The van der Waals surface area contributed by atoms with Gasteiger partial charge in [0.1, 0.15) is 18.9 Å². The predicted octanol–water partition coefficient (Wildman–Crippen LogP) is 0.0685. The molecule has 1 aromatic heterocycles. The Morgan fingerprint density at radius 2 is 2.42 bits per heavy atom. The number of rotatable bonds is 5. The minimum atomic E-state index is -0.555. The monoisotopic (exact) mass is 268 g/mol. The van der Waals surface area contributed by atoms with E-state index in [1.165, 1.54) is 10.9 Å². The van der Waals surface area contributed by atoms with Crippen LogP contribution in [0.1, 0.15) is 19.3 Å². The van der Waals surface area contributed by atoms with E-state index in [4.69, 9.17) is 5.11 Å². The summed E-state index contributed by atoms with van der Waals surface area (Å²) in [4.78, 5) is 21.7. The fourth-order valence-electron chi connectivity index (χ4n) is 2.38. The Kier molecular flexibility index (Phi) is 4.10. The number of hydrogen-bond acceptors (Lipinski definition) is 5. The third-order valence-electron chi connectivity index (χ3n) is 3.38. The summed E-state index contributed by atoms with van der Waals surface area (Å²) < 4.78 is 1.23. The predicted molar refractivity (Wildman–Crippen MR) is 65.2 cm³/mol. The molecule has 2 rings (SSSR count). The van der Waals surface area contributed by atoms with Gasteiger partial charge in [-0.15, -0.1) is 0 Å². The summed E-state index contributed by atoms with van der Waals surface area (Å²) in [6.45, 7) is 0.0146. The molecule has 1 amide bonds. The van der Waals surface area contributed by atoms with Crippen molar-refractivity contribution < 1.29 is 14.8 Å². The van der Waals surface area contributed by atoms with Crippen LogP contribution in [0.3, 0.4) is 0 Å². The molecule has 0 aromatic carbocycles. The van der Waals surface area contributed by atoms with Gasteiger partial charge in [-0.25, -0.2) is 0 Å². The topological polar surface area (TPSA) is 110 Å². The van der Waals surface area contributed by atoms with E-state index in [2.05, 4.69) is 10.4 Å². The molecular weight excluding hydrogens is 252 g/mol. The molecule has 1 fully saturated rings. The highest BCUT2D eigenvalue weighted by Gasteiger charge is 2.27. The lowest BCUT2D eigenvalue weighted by molar-refractivity contribution is -0.385. The number of carbonyl (C=O) groups is 1. The van der Waals surface area contributed by atoms with Crippen LogP contribution in [0.25, 0.3) is 0 Å². The van der Waals surface area contributed by atoms with Crippen LogP contribution < -0.4 is 5.32 Å². The van der Waals surface area contributed by atoms with Crippen molar-refractivity contribution in [2.75, 3.05) is 6.61 Å². The largest absolute Gasteiger partial charge is 0.396 e. The third kappa shape index (κ3) is 3.28. The van der Waals surface area contributed by atoms with Gasteiger partial charge in [0.15, 0.2) is 0 Å². The summed E-state index contributed by atoms with van der Waals surface area (Å²) in [6, 6.07) is -0.0111. The normalized spacial score (nSPS) is 22.4. The maximum absolute atomic E-state index is 11.8. The molecule has 0 spiro atoms. The van der Waals surface area contributed by atoms with E-state index < -0.39 is 4.92 Å². The maximum atomic E-state index is 11.8. The Labute approximate surface area is 109 Å². The van der Waals surface area contributed by atoms with Crippen LogP contribution in [0, 0.1) is 16.0 Å². The van der Waals surface area contributed by atoms with Crippen molar-refractivity contribution in [2.45, 2.75) is 31.8 Å². The Hall–Kier alpha value is -1.96. The minimum Gasteiger partial charge on any atom is -0.396 e. The molecule has 1 heterocycles. The van der Waals surface area contributed by atoms with Crippen LogP contribution in [0.15, 0.2) is 12.4 Å². The molecule has 0 bridgehead atoms. The lowest BCUT2D eigenvalue weighted by atomic mass is 10.1. The molecule has 19 heavy (non-hydrogen) atoms. The van der Waals surface area contributed by atoms with Gasteiger partial charge in [-0.1, -0.05) is 6.42 Å². The summed E-state index contributed by atoms with van der Waals surface area (Å²) >= 11 is 0. The molecule has 2 N–H and O–H groups in total. The van der Waals surface area contributed by atoms with Crippen LogP contribution >= 0.6 is 0 Å². The number of nitrogens with one attached hydrogen (secondary N) is 1. The first-order chi connectivity index (χ1) is 9.10. The number of aromatic nitrogens is 2. The average molecular weight is 268 g/mol. The van der Waals surface area contributed by atoms with Crippen molar-refractivity contribution in [1.82, 2.24) is 15.1 Å². The van der Waals surface area contributed by atoms with Crippen molar-refractivity contribution >= 4 is 11.6 Å². The molecule has 1 aromatic rings. The Morgan fingerprint density at radius 1 is 1.63 bits per heavy atom. The van der Waals surface area contributed by atoms with Gasteiger partial charge in [-0.3, -0.25) is 19.6 Å². The smallest absolute Gasteiger partial charge is 0.307 e. The summed E-state index contributed by atoms with van der Waals surface area (Å²) in [5.41, 5.74) is -0.137. The standard InChI is InChI=1S/C11H16N4O4/c16-7-8-2-1-3-10(8)13-11(17)6-14-5-9(4-12-14)15(18)19/h4-5,8,10,16H,1-3,6-7H2,(H,13,17). The molecule has 1 aliphatic rings. The Bertz CT molecular complexity index is 473. The first-order valence-corrected chi connectivity index (χ1v) is 6.17. The van der Waals surface area contributed by atoms with Crippen molar-refractivity contribution in [3.05, 3.63) is 22.5 Å². The molecule has 0 radical (unpaired) electrons. The molecule has 8 nitrogen and oxygen atoms in total. The van der Waals surface area contributed by atoms with Gasteiger partial charge in [0.2, 0.25) is 5.91 Å². The van der Waals surface area contributed by atoms with Gasteiger partial charge in [0.25, 0.3) is 0 Å². The highest BCUT2D eigenvalue weighted by atomic mass is 16.6. The molecule has 8 heteroatoms. The number of aliphatic hydroxyl groups excluding tert-OH is 1. The number of nitrogens with zero attached hydrogens (tertiary/aromatic N) is 3. The average Bonchev–Trinajstić information content (AvgIpc) is 2.97. The van der Waals surface area contributed by atoms with E-state index in [0.29, 0.717) is 0 Å². The number of amides is 1. The zero-order valence-electron chi connectivity index (χ0n) is 10.4. The lowest BCUT2D eigenvalue weighted by Gasteiger charge is -2.18. The van der Waals surface area contributed by atoms with Crippen LogP contribution in [0.2, 0.25) is 0 Å². The maximum Gasteiger partial charge on any atom is 0.307 e. The summed E-state index contributed by atoms with van der Waals surface area (Å²) in [5.74, 6) is -0.140. The SMILES string of the molecule is O=C(Cn1cc([N+](=O)[O-])cn1)NC1CCCC1CO.